The molecule has 0 radical (unpaired) electrons. The molecular weight excluding hydrogens is 242 g/mol. The van der Waals surface area contributed by atoms with Crippen LogP contribution in [0.5, 0.6) is 0 Å². The number of carbonyl (C=O) groups excluding carboxylic acids is 1. The molecule has 7 heteroatoms. The van der Waals surface area contributed by atoms with Crippen LogP contribution in [0.25, 0.3) is 0 Å². The minimum absolute atomic E-state index is 0.285. The van der Waals surface area contributed by atoms with Crippen molar-refractivity contribution in [1.29, 1.82) is 0 Å². The average Bonchev–Trinajstić information content (AvgIpc) is 2.77. The fraction of sp³-hybridized carbons (Fsp3) is 0.800. The van der Waals surface area contributed by atoms with Gasteiger partial charge in [-0.25, -0.2) is 9.59 Å². The van der Waals surface area contributed by atoms with E-state index in [1.54, 1.807) is 0 Å². The highest BCUT2D eigenvalue weighted by Crippen LogP contribution is 2.20. The van der Waals surface area contributed by atoms with Crippen LogP contribution in [-0.4, -0.2) is 71.3 Å². The van der Waals surface area contributed by atoms with E-state index in [2.05, 4.69) is 10.2 Å². The fourth-order valence-electron chi connectivity index (χ4n) is 1.46. The first-order valence-corrected chi connectivity index (χ1v) is 6.75. The summed E-state index contributed by atoms with van der Waals surface area (Å²) in [5.41, 5.74) is 0. The number of urea groups is 1. The Morgan fingerprint density at radius 1 is 1.59 bits per heavy atom. The highest BCUT2D eigenvalue weighted by Gasteiger charge is 2.34. The first kappa shape index (κ1) is 14.1. The molecule has 2 amide bonds. The second-order valence-electron chi connectivity index (χ2n) is 3.95. The summed E-state index contributed by atoms with van der Waals surface area (Å²) in [6.45, 7) is 4.27. The van der Waals surface area contributed by atoms with Gasteiger partial charge in [-0.05, 0) is 13.6 Å². The summed E-state index contributed by atoms with van der Waals surface area (Å²) >= 11 is 1.47. The summed E-state index contributed by atoms with van der Waals surface area (Å²) in [5, 5.41) is 11.7. The fourth-order valence-corrected chi connectivity index (χ4v) is 2.61. The van der Waals surface area contributed by atoms with Crippen LogP contribution in [0.2, 0.25) is 0 Å². The standard InChI is InChI=1S/C10H19N3O3S/c1-3-12(2)5-4-11-10(16)13-7-17-6-8(13)9(14)15/h8H,3-7H2,1-2H3,(H,11,16)(H,14,15)/t8-/m0/s1. The van der Waals surface area contributed by atoms with E-state index in [1.165, 1.54) is 16.7 Å². The molecule has 2 N–H and O–H groups in total. The molecule has 17 heavy (non-hydrogen) atoms. The van der Waals surface area contributed by atoms with E-state index in [9.17, 15) is 9.59 Å². The molecule has 98 valence electrons. The lowest BCUT2D eigenvalue weighted by Crippen LogP contribution is -2.48. The molecule has 1 fully saturated rings. The van der Waals surface area contributed by atoms with Gasteiger partial charge in [0.05, 0.1) is 5.88 Å². The third-order valence-electron chi connectivity index (χ3n) is 2.74. The Kier molecular flexibility index (Phi) is 5.57. The molecule has 1 saturated heterocycles. The highest BCUT2D eigenvalue weighted by atomic mass is 32.2. The summed E-state index contributed by atoms with van der Waals surface area (Å²) < 4.78 is 0. The molecule has 0 saturated carbocycles. The molecule has 1 aliphatic rings. The second-order valence-corrected chi connectivity index (χ2v) is 4.95. The Morgan fingerprint density at radius 3 is 2.88 bits per heavy atom. The number of carboxylic acid groups (broad SMARTS) is 1. The van der Waals surface area contributed by atoms with Crippen LogP contribution in [0.4, 0.5) is 4.79 Å². The van der Waals surface area contributed by atoms with Crippen molar-refractivity contribution in [3.63, 3.8) is 0 Å². The van der Waals surface area contributed by atoms with Crippen molar-refractivity contribution in [2.75, 3.05) is 38.3 Å². The van der Waals surface area contributed by atoms with E-state index < -0.39 is 12.0 Å². The van der Waals surface area contributed by atoms with Crippen LogP contribution in [0.15, 0.2) is 0 Å². The van der Waals surface area contributed by atoms with Gasteiger partial charge in [-0.2, -0.15) is 0 Å². The molecule has 6 nitrogen and oxygen atoms in total. The molecule has 0 spiro atoms. The van der Waals surface area contributed by atoms with E-state index in [4.69, 9.17) is 5.11 Å². The molecule has 1 atom stereocenters. The summed E-state index contributed by atoms with van der Waals surface area (Å²) in [7, 11) is 1.97. The number of aliphatic carboxylic acids is 1. The lowest BCUT2D eigenvalue weighted by Gasteiger charge is -2.22. The molecule has 0 aromatic rings. The van der Waals surface area contributed by atoms with Crippen molar-refractivity contribution in [1.82, 2.24) is 15.1 Å². The maximum Gasteiger partial charge on any atom is 0.327 e. The van der Waals surface area contributed by atoms with Crippen LogP contribution in [0, 0.1) is 0 Å². The second kappa shape index (κ2) is 6.70. The number of carboxylic acids is 1. The largest absolute Gasteiger partial charge is 0.480 e. The zero-order valence-corrected chi connectivity index (χ0v) is 11.0. The van der Waals surface area contributed by atoms with Gasteiger partial charge in [0.25, 0.3) is 0 Å². The minimum atomic E-state index is -0.934. The van der Waals surface area contributed by atoms with Gasteiger partial charge in [-0.3, -0.25) is 0 Å². The van der Waals surface area contributed by atoms with E-state index in [1.807, 2.05) is 14.0 Å². The summed E-state index contributed by atoms with van der Waals surface area (Å²) in [6.07, 6.45) is 0. The van der Waals surface area contributed by atoms with Crippen molar-refractivity contribution in [2.45, 2.75) is 13.0 Å². The molecule has 1 aliphatic heterocycles. The first-order chi connectivity index (χ1) is 8.06. The third kappa shape index (κ3) is 4.08. The van der Waals surface area contributed by atoms with Crippen LogP contribution in [0.1, 0.15) is 6.92 Å². The normalized spacial score (nSPS) is 19.7. The van der Waals surface area contributed by atoms with Crippen molar-refractivity contribution in [3.05, 3.63) is 0 Å². The lowest BCUT2D eigenvalue weighted by atomic mass is 10.3. The topological polar surface area (TPSA) is 72.9 Å². The average molecular weight is 261 g/mol. The number of nitrogens with zero attached hydrogens (tertiary/aromatic N) is 2. The Hall–Kier alpha value is -0.950. The molecule has 1 rings (SSSR count). The molecular formula is C10H19N3O3S. The molecule has 0 unspecified atom stereocenters. The van der Waals surface area contributed by atoms with Gasteiger partial charge in [-0.15, -0.1) is 11.8 Å². The van der Waals surface area contributed by atoms with Gasteiger partial charge in [0, 0.05) is 18.8 Å². The van der Waals surface area contributed by atoms with E-state index >= 15 is 0 Å². The number of amides is 2. The SMILES string of the molecule is CCN(C)CCNC(=O)N1CSC[C@H]1C(=O)O. The van der Waals surface area contributed by atoms with Gasteiger partial charge in [0.15, 0.2) is 0 Å². The van der Waals surface area contributed by atoms with Gasteiger partial charge >= 0.3 is 12.0 Å². The van der Waals surface area contributed by atoms with E-state index in [0.29, 0.717) is 18.2 Å². The van der Waals surface area contributed by atoms with E-state index in [0.717, 1.165) is 13.1 Å². The van der Waals surface area contributed by atoms with Crippen molar-refractivity contribution in [3.8, 4) is 0 Å². The smallest absolute Gasteiger partial charge is 0.327 e. The molecule has 1 heterocycles. The zero-order chi connectivity index (χ0) is 12.8. The molecule has 0 aromatic carbocycles. The number of thioether (sulfide) groups is 1. The molecule has 0 aliphatic carbocycles. The van der Waals surface area contributed by atoms with Crippen LogP contribution < -0.4 is 5.32 Å². The number of nitrogens with one attached hydrogen (secondary N) is 1. The number of hydrogen-bond donors (Lipinski definition) is 2. The Morgan fingerprint density at radius 2 is 2.29 bits per heavy atom. The van der Waals surface area contributed by atoms with Crippen molar-refractivity contribution >= 4 is 23.8 Å². The van der Waals surface area contributed by atoms with Crippen LogP contribution >= 0.6 is 11.8 Å². The lowest BCUT2D eigenvalue weighted by molar-refractivity contribution is -0.140. The summed E-state index contributed by atoms with van der Waals surface area (Å²) in [4.78, 5) is 26.1. The first-order valence-electron chi connectivity index (χ1n) is 5.59. The Balaban J connectivity index is 2.34. The van der Waals surface area contributed by atoms with Crippen molar-refractivity contribution in [2.24, 2.45) is 0 Å². The third-order valence-corrected chi connectivity index (χ3v) is 3.75. The Labute approximate surface area is 105 Å². The maximum absolute atomic E-state index is 11.7. The van der Waals surface area contributed by atoms with Gasteiger partial charge in [0.1, 0.15) is 6.04 Å². The maximum atomic E-state index is 11.7. The number of carbonyl (C=O) groups is 2. The van der Waals surface area contributed by atoms with E-state index in [-0.39, 0.29) is 6.03 Å². The van der Waals surface area contributed by atoms with Gasteiger partial charge in [0.2, 0.25) is 0 Å². The monoisotopic (exact) mass is 261 g/mol. The number of rotatable bonds is 5. The minimum Gasteiger partial charge on any atom is -0.480 e. The summed E-state index contributed by atoms with van der Waals surface area (Å²) in [5.74, 6) is -0.0138. The summed E-state index contributed by atoms with van der Waals surface area (Å²) in [6, 6.07) is -0.976. The predicted octanol–water partition coefficient (Wildman–Crippen LogP) is 0.107. The van der Waals surface area contributed by atoms with Crippen LogP contribution in [0.3, 0.4) is 0 Å². The number of likely N-dealkylation sites (N-methyl/N-ethyl adjacent to an activating group) is 1. The molecule has 0 aromatic heterocycles. The van der Waals surface area contributed by atoms with Crippen LogP contribution in [-0.2, 0) is 4.79 Å². The van der Waals surface area contributed by atoms with Crippen molar-refractivity contribution < 1.29 is 14.7 Å². The quantitative estimate of drug-likeness (QED) is 0.735. The zero-order valence-electron chi connectivity index (χ0n) is 10.2. The Bertz CT molecular complexity index is 288. The predicted molar refractivity (Wildman–Crippen MR) is 67.2 cm³/mol. The number of hydrogen-bond acceptors (Lipinski definition) is 4. The molecule has 0 bridgehead atoms. The van der Waals surface area contributed by atoms with Gasteiger partial charge < -0.3 is 20.2 Å². The van der Waals surface area contributed by atoms with Gasteiger partial charge in [-0.1, -0.05) is 6.92 Å². The highest BCUT2D eigenvalue weighted by molar-refractivity contribution is 7.99.